The van der Waals surface area contributed by atoms with Gasteiger partial charge in [-0.1, -0.05) is 55.5 Å². The fourth-order valence-corrected chi connectivity index (χ4v) is 4.23. The third-order valence-electron chi connectivity index (χ3n) is 4.84. The van der Waals surface area contributed by atoms with Gasteiger partial charge in [0.2, 0.25) is 0 Å². The van der Waals surface area contributed by atoms with Crippen molar-refractivity contribution in [3.8, 4) is 0 Å². The maximum atomic E-state index is 6.45. The number of alkyl halides is 1. The lowest BCUT2D eigenvalue weighted by atomic mass is 9.83. The minimum atomic E-state index is 0.302. The molecule has 2 fully saturated rings. The van der Waals surface area contributed by atoms with Crippen LogP contribution in [0.3, 0.4) is 0 Å². The highest BCUT2D eigenvalue weighted by molar-refractivity contribution is 9.09. The number of rotatable bonds is 4. The fraction of sp³-hybridized carbons (Fsp3) is 1.00. The van der Waals surface area contributed by atoms with Crippen LogP contribution in [-0.2, 0) is 4.74 Å². The second kappa shape index (κ2) is 6.06. The maximum Gasteiger partial charge on any atom is 0.0687 e. The zero-order valence-electron chi connectivity index (χ0n) is 11.4. The van der Waals surface area contributed by atoms with E-state index < -0.39 is 0 Å². The highest BCUT2D eigenvalue weighted by atomic mass is 79.9. The van der Waals surface area contributed by atoms with Crippen molar-refractivity contribution < 1.29 is 4.74 Å². The summed E-state index contributed by atoms with van der Waals surface area (Å²) in [6.45, 7) is 4.58. The molecule has 0 aromatic rings. The number of ether oxygens (including phenoxy) is 1. The first-order valence-electron chi connectivity index (χ1n) is 7.47. The van der Waals surface area contributed by atoms with Crippen LogP contribution in [0.25, 0.3) is 0 Å². The van der Waals surface area contributed by atoms with Crippen LogP contribution in [0, 0.1) is 5.92 Å². The van der Waals surface area contributed by atoms with Crippen LogP contribution in [-0.4, -0.2) is 16.5 Å². The Kier molecular flexibility index (Phi) is 4.94. The Morgan fingerprint density at radius 2 is 1.94 bits per heavy atom. The van der Waals surface area contributed by atoms with E-state index in [9.17, 15) is 0 Å². The molecule has 2 heteroatoms. The predicted molar refractivity (Wildman–Crippen MR) is 76.7 cm³/mol. The smallest absolute Gasteiger partial charge is 0.0687 e. The van der Waals surface area contributed by atoms with Gasteiger partial charge in [-0.3, -0.25) is 0 Å². The Balaban J connectivity index is 1.84. The SMILES string of the molecule is CCC(CC1CCC2(CCCCC2)O1)C(C)Br. The van der Waals surface area contributed by atoms with E-state index >= 15 is 0 Å². The van der Waals surface area contributed by atoms with Gasteiger partial charge >= 0.3 is 0 Å². The minimum Gasteiger partial charge on any atom is -0.372 e. The number of halogens is 1. The van der Waals surface area contributed by atoms with E-state index in [1.165, 1.54) is 57.8 Å². The first-order valence-corrected chi connectivity index (χ1v) is 8.39. The van der Waals surface area contributed by atoms with Crippen LogP contribution >= 0.6 is 15.9 Å². The van der Waals surface area contributed by atoms with Crippen molar-refractivity contribution in [1.29, 1.82) is 0 Å². The molecular formula is C15H27BrO. The summed E-state index contributed by atoms with van der Waals surface area (Å²) in [5.74, 6) is 0.777. The molecule has 1 aliphatic heterocycles. The van der Waals surface area contributed by atoms with Gasteiger partial charge in [-0.2, -0.15) is 0 Å². The van der Waals surface area contributed by atoms with Crippen LogP contribution in [0.1, 0.15) is 71.6 Å². The zero-order valence-corrected chi connectivity index (χ0v) is 13.0. The first-order chi connectivity index (χ1) is 8.15. The summed E-state index contributed by atoms with van der Waals surface area (Å²) in [7, 11) is 0. The van der Waals surface area contributed by atoms with Crippen LogP contribution in [0.5, 0.6) is 0 Å². The van der Waals surface area contributed by atoms with Crippen molar-refractivity contribution in [3.05, 3.63) is 0 Å². The van der Waals surface area contributed by atoms with E-state index in [1.54, 1.807) is 0 Å². The number of hydrogen-bond donors (Lipinski definition) is 0. The number of hydrogen-bond acceptors (Lipinski definition) is 1. The highest BCUT2D eigenvalue weighted by Crippen LogP contribution is 2.43. The summed E-state index contributed by atoms with van der Waals surface area (Å²) in [4.78, 5) is 0.624. The van der Waals surface area contributed by atoms with Gasteiger partial charge in [0.1, 0.15) is 0 Å². The first kappa shape index (κ1) is 13.9. The molecule has 1 saturated carbocycles. The van der Waals surface area contributed by atoms with E-state index in [0.29, 0.717) is 16.5 Å². The molecule has 0 amide bonds. The Morgan fingerprint density at radius 1 is 1.24 bits per heavy atom. The molecule has 1 heterocycles. The molecule has 3 atom stereocenters. The Bertz CT molecular complexity index is 233. The third kappa shape index (κ3) is 3.47. The van der Waals surface area contributed by atoms with Gasteiger partial charge in [0.25, 0.3) is 0 Å². The van der Waals surface area contributed by atoms with E-state index in [4.69, 9.17) is 4.74 Å². The van der Waals surface area contributed by atoms with E-state index in [2.05, 4.69) is 29.8 Å². The molecule has 2 rings (SSSR count). The van der Waals surface area contributed by atoms with Crippen molar-refractivity contribution in [2.45, 2.75) is 88.2 Å². The molecule has 0 aromatic carbocycles. The summed E-state index contributed by atoms with van der Waals surface area (Å²) >= 11 is 3.74. The molecule has 100 valence electrons. The predicted octanol–water partition coefficient (Wildman–Crippen LogP) is 5.07. The standard InChI is InChI=1S/C15H27BrO/c1-3-13(12(2)16)11-14-7-10-15(17-14)8-5-4-6-9-15/h12-14H,3-11H2,1-2H3. The summed E-state index contributed by atoms with van der Waals surface area (Å²) in [5.41, 5.74) is 0.302. The zero-order chi connectivity index (χ0) is 12.3. The van der Waals surface area contributed by atoms with Crippen LogP contribution in [0.2, 0.25) is 0 Å². The average Bonchev–Trinajstić information content (AvgIpc) is 2.70. The molecular weight excluding hydrogens is 276 g/mol. The topological polar surface area (TPSA) is 9.23 Å². The summed E-state index contributed by atoms with van der Waals surface area (Å²) in [5, 5.41) is 0. The molecule has 0 bridgehead atoms. The van der Waals surface area contributed by atoms with E-state index in [0.717, 1.165) is 5.92 Å². The monoisotopic (exact) mass is 302 g/mol. The third-order valence-corrected chi connectivity index (χ3v) is 5.59. The van der Waals surface area contributed by atoms with Gasteiger partial charge < -0.3 is 4.74 Å². The molecule has 1 saturated heterocycles. The average molecular weight is 303 g/mol. The van der Waals surface area contributed by atoms with E-state index in [-0.39, 0.29) is 0 Å². The highest BCUT2D eigenvalue weighted by Gasteiger charge is 2.41. The summed E-state index contributed by atoms with van der Waals surface area (Å²) in [6.07, 6.45) is 12.5. The lowest BCUT2D eigenvalue weighted by Gasteiger charge is -2.34. The van der Waals surface area contributed by atoms with Gasteiger partial charge in [-0.15, -0.1) is 0 Å². The van der Waals surface area contributed by atoms with Gasteiger partial charge in [-0.25, -0.2) is 0 Å². The van der Waals surface area contributed by atoms with Crippen molar-refractivity contribution in [2.75, 3.05) is 0 Å². The van der Waals surface area contributed by atoms with Crippen molar-refractivity contribution in [1.82, 2.24) is 0 Å². The van der Waals surface area contributed by atoms with Gasteiger partial charge in [0.05, 0.1) is 11.7 Å². The van der Waals surface area contributed by atoms with Crippen molar-refractivity contribution in [2.24, 2.45) is 5.92 Å². The largest absolute Gasteiger partial charge is 0.372 e. The van der Waals surface area contributed by atoms with Gasteiger partial charge in [-0.05, 0) is 38.0 Å². The second-order valence-corrected chi connectivity index (χ2v) is 7.55. The quantitative estimate of drug-likeness (QED) is 0.659. The maximum absolute atomic E-state index is 6.45. The fourth-order valence-electron chi connectivity index (χ4n) is 3.64. The summed E-state index contributed by atoms with van der Waals surface area (Å²) < 4.78 is 6.45. The van der Waals surface area contributed by atoms with Crippen LogP contribution < -0.4 is 0 Å². The minimum absolute atomic E-state index is 0.302. The molecule has 2 aliphatic rings. The lowest BCUT2D eigenvalue weighted by molar-refractivity contribution is -0.0698. The van der Waals surface area contributed by atoms with Gasteiger partial charge in [0.15, 0.2) is 0 Å². The molecule has 3 unspecified atom stereocenters. The summed E-state index contributed by atoms with van der Waals surface area (Å²) in [6, 6.07) is 0. The normalized spacial score (nSPS) is 31.6. The molecule has 0 radical (unpaired) electrons. The van der Waals surface area contributed by atoms with Crippen molar-refractivity contribution in [3.63, 3.8) is 0 Å². The van der Waals surface area contributed by atoms with Crippen molar-refractivity contribution >= 4 is 15.9 Å². The molecule has 1 nitrogen and oxygen atoms in total. The molecule has 17 heavy (non-hydrogen) atoms. The lowest BCUT2D eigenvalue weighted by Crippen LogP contribution is -2.32. The second-order valence-electron chi connectivity index (χ2n) is 6.10. The molecule has 1 aliphatic carbocycles. The Hall–Kier alpha value is 0.440. The Morgan fingerprint density at radius 3 is 2.53 bits per heavy atom. The van der Waals surface area contributed by atoms with E-state index in [1.807, 2.05) is 0 Å². The van der Waals surface area contributed by atoms with Crippen LogP contribution in [0.15, 0.2) is 0 Å². The molecule has 1 spiro atoms. The van der Waals surface area contributed by atoms with Gasteiger partial charge in [0, 0.05) is 4.83 Å². The molecule has 0 N–H and O–H groups in total. The molecule has 0 aromatic heterocycles. The van der Waals surface area contributed by atoms with Crippen LogP contribution in [0.4, 0.5) is 0 Å². The Labute approximate surface area is 115 Å².